The second-order valence-corrected chi connectivity index (χ2v) is 9.18. The van der Waals surface area contributed by atoms with E-state index in [1.165, 1.54) is 42.8 Å². The second kappa shape index (κ2) is 12.4. The number of methoxy groups -OCH3 is 2. The number of carbonyl (C=O) groups excluding carboxylic acids is 1. The van der Waals surface area contributed by atoms with Crippen LogP contribution in [0, 0.1) is 0 Å². The maximum atomic E-state index is 13.0. The van der Waals surface area contributed by atoms with Gasteiger partial charge < -0.3 is 18.6 Å². The van der Waals surface area contributed by atoms with E-state index in [2.05, 4.69) is 15.5 Å². The summed E-state index contributed by atoms with van der Waals surface area (Å²) in [5, 5.41) is 10.3. The monoisotopic (exact) mass is 504 g/mol. The Hall–Kier alpha value is -3.32. The molecule has 0 unspecified atom stereocenters. The standard InChI is InChI=1S/C23H28N4O7S/c1-4-33-19-9-5-18(6-10-19)22-25-26-23(34-22)24-21(28)17-7-11-20(12-8-17)35(29,30)27(13-15-31-2)14-16-32-3/h5-12H,4,13-16H2,1-3H3,(H,24,26,28). The molecule has 0 radical (unpaired) electrons. The van der Waals surface area contributed by atoms with Crippen LogP contribution in [0.15, 0.2) is 57.8 Å². The van der Waals surface area contributed by atoms with Crippen molar-refractivity contribution in [3.63, 3.8) is 0 Å². The first-order valence-corrected chi connectivity index (χ1v) is 12.3. The zero-order valence-electron chi connectivity index (χ0n) is 19.8. The van der Waals surface area contributed by atoms with Crippen LogP contribution in [0.3, 0.4) is 0 Å². The molecule has 3 aromatic rings. The van der Waals surface area contributed by atoms with Crippen LogP contribution in [0.1, 0.15) is 17.3 Å². The van der Waals surface area contributed by atoms with Gasteiger partial charge in [-0.1, -0.05) is 5.10 Å². The van der Waals surface area contributed by atoms with Gasteiger partial charge >= 0.3 is 6.01 Å². The zero-order chi connectivity index (χ0) is 25.3. The van der Waals surface area contributed by atoms with Crippen LogP contribution < -0.4 is 10.1 Å². The van der Waals surface area contributed by atoms with Crippen molar-refractivity contribution in [3.05, 3.63) is 54.1 Å². The third kappa shape index (κ3) is 6.85. The first-order valence-electron chi connectivity index (χ1n) is 10.8. The molecule has 2 aromatic carbocycles. The van der Waals surface area contributed by atoms with Gasteiger partial charge in [-0.25, -0.2) is 8.42 Å². The highest BCUT2D eigenvalue weighted by atomic mass is 32.2. The third-order valence-corrected chi connectivity index (χ3v) is 6.81. The van der Waals surface area contributed by atoms with Gasteiger partial charge in [0.1, 0.15) is 5.75 Å². The Balaban J connectivity index is 1.68. The van der Waals surface area contributed by atoms with Gasteiger partial charge in [0, 0.05) is 38.4 Å². The highest BCUT2D eigenvalue weighted by molar-refractivity contribution is 7.89. The fraction of sp³-hybridized carbons (Fsp3) is 0.348. The Morgan fingerprint density at radius 2 is 1.60 bits per heavy atom. The van der Waals surface area contributed by atoms with Crippen molar-refractivity contribution in [1.82, 2.24) is 14.5 Å². The normalized spacial score (nSPS) is 11.5. The molecule has 12 heteroatoms. The smallest absolute Gasteiger partial charge is 0.322 e. The Morgan fingerprint density at radius 1 is 0.971 bits per heavy atom. The Bertz CT molecular complexity index is 1190. The lowest BCUT2D eigenvalue weighted by Gasteiger charge is -2.21. The van der Waals surface area contributed by atoms with E-state index in [-0.39, 0.29) is 48.7 Å². The van der Waals surface area contributed by atoms with Gasteiger partial charge in [-0.05, 0) is 55.5 Å². The molecule has 0 aliphatic carbocycles. The number of carbonyl (C=O) groups is 1. The predicted octanol–water partition coefficient (Wildman–Crippen LogP) is 2.67. The molecule has 188 valence electrons. The van der Waals surface area contributed by atoms with Gasteiger partial charge in [0.15, 0.2) is 0 Å². The molecule has 0 atom stereocenters. The average Bonchev–Trinajstić information content (AvgIpc) is 3.33. The second-order valence-electron chi connectivity index (χ2n) is 7.24. The highest BCUT2D eigenvalue weighted by Gasteiger charge is 2.24. The fourth-order valence-corrected chi connectivity index (χ4v) is 4.49. The number of anilines is 1. The molecule has 0 saturated carbocycles. The molecule has 1 N–H and O–H groups in total. The number of aromatic nitrogens is 2. The lowest BCUT2D eigenvalue weighted by atomic mass is 10.2. The highest BCUT2D eigenvalue weighted by Crippen LogP contribution is 2.23. The summed E-state index contributed by atoms with van der Waals surface area (Å²) < 4.78 is 48.2. The Kier molecular flexibility index (Phi) is 9.32. The van der Waals surface area contributed by atoms with Crippen molar-refractivity contribution < 1.29 is 31.8 Å². The van der Waals surface area contributed by atoms with Crippen molar-refractivity contribution in [3.8, 4) is 17.2 Å². The molecule has 0 aliphatic rings. The maximum Gasteiger partial charge on any atom is 0.322 e. The average molecular weight is 505 g/mol. The molecule has 11 nitrogen and oxygen atoms in total. The van der Waals surface area contributed by atoms with Gasteiger partial charge in [0.2, 0.25) is 15.9 Å². The molecule has 0 bridgehead atoms. The van der Waals surface area contributed by atoms with Gasteiger partial charge in [-0.3, -0.25) is 10.1 Å². The quantitative estimate of drug-likeness (QED) is 0.373. The minimum absolute atomic E-state index is 0.0526. The summed E-state index contributed by atoms with van der Waals surface area (Å²) in [5.41, 5.74) is 0.896. The van der Waals surface area contributed by atoms with Gasteiger partial charge in [-0.2, -0.15) is 4.31 Å². The van der Waals surface area contributed by atoms with E-state index in [1.807, 2.05) is 6.92 Å². The number of ether oxygens (including phenoxy) is 3. The van der Waals surface area contributed by atoms with Gasteiger partial charge in [-0.15, -0.1) is 5.10 Å². The van der Waals surface area contributed by atoms with Crippen LogP contribution >= 0.6 is 0 Å². The van der Waals surface area contributed by atoms with Crippen LogP contribution in [0.25, 0.3) is 11.5 Å². The van der Waals surface area contributed by atoms with Crippen LogP contribution in [0.2, 0.25) is 0 Å². The lowest BCUT2D eigenvalue weighted by Crippen LogP contribution is -2.36. The summed E-state index contributed by atoms with van der Waals surface area (Å²) in [7, 11) is -0.791. The Morgan fingerprint density at radius 3 is 2.17 bits per heavy atom. The number of rotatable bonds is 13. The van der Waals surface area contributed by atoms with E-state index < -0.39 is 15.9 Å². The maximum absolute atomic E-state index is 13.0. The van der Waals surface area contributed by atoms with Crippen LogP contribution in [-0.2, 0) is 19.5 Å². The molecule has 0 fully saturated rings. The van der Waals surface area contributed by atoms with E-state index in [1.54, 1.807) is 24.3 Å². The molecular formula is C23H28N4O7S. The lowest BCUT2D eigenvalue weighted by molar-refractivity contribution is 0.102. The number of hydrogen-bond donors (Lipinski definition) is 1. The minimum atomic E-state index is -3.79. The number of sulfonamides is 1. The van der Waals surface area contributed by atoms with Crippen molar-refractivity contribution in [1.29, 1.82) is 0 Å². The van der Waals surface area contributed by atoms with Crippen LogP contribution in [0.4, 0.5) is 6.01 Å². The van der Waals surface area contributed by atoms with Crippen LogP contribution in [-0.4, -0.2) is 76.0 Å². The van der Waals surface area contributed by atoms with E-state index in [4.69, 9.17) is 18.6 Å². The SMILES string of the molecule is CCOc1ccc(-c2nnc(NC(=O)c3ccc(S(=O)(=O)N(CCOC)CCOC)cc3)o2)cc1. The van der Waals surface area contributed by atoms with E-state index in [0.717, 1.165) is 5.75 Å². The third-order valence-electron chi connectivity index (χ3n) is 4.90. The summed E-state index contributed by atoms with van der Waals surface area (Å²) in [4.78, 5) is 12.7. The summed E-state index contributed by atoms with van der Waals surface area (Å²) in [6.45, 7) is 3.30. The summed E-state index contributed by atoms with van der Waals surface area (Å²) in [5.74, 6) is 0.429. The molecule has 0 saturated heterocycles. The number of nitrogens with zero attached hydrogens (tertiary/aromatic N) is 3. The molecule has 1 amide bonds. The van der Waals surface area contributed by atoms with E-state index in [0.29, 0.717) is 12.2 Å². The number of hydrogen-bond acceptors (Lipinski definition) is 9. The Labute approximate surface area is 204 Å². The number of nitrogens with one attached hydrogen (secondary N) is 1. The molecule has 1 heterocycles. The van der Waals surface area contributed by atoms with Gasteiger partial charge in [0.05, 0.1) is 24.7 Å². The van der Waals surface area contributed by atoms with Crippen molar-refractivity contribution >= 4 is 21.9 Å². The van der Waals surface area contributed by atoms with Gasteiger partial charge in [0.25, 0.3) is 5.91 Å². The largest absolute Gasteiger partial charge is 0.494 e. The molecule has 3 rings (SSSR count). The van der Waals surface area contributed by atoms with Crippen molar-refractivity contribution in [2.45, 2.75) is 11.8 Å². The summed E-state index contributed by atoms with van der Waals surface area (Å²) >= 11 is 0. The van der Waals surface area contributed by atoms with Crippen molar-refractivity contribution in [2.24, 2.45) is 0 Å². The summed E-state index contributed by atoms with van der Waals surface area (Å²) in [6.07, 6.45) is 0. The molecule has 0 spiro atoms. The van der Waals surface area contributed by atoms with Crippen LogP contribution in [0.5, 0.6) is 5.75 Å². The predicted molar refractivity (Wildman–Crippen MR) is 128 cm³/mol. The van der Waals surface area contributed by atoms with Crippen molar-refractivity contribution in [2.75, 3.05) is 52.4 Å². The molecule has 1 aromatic heterocycles. The van der Waals surface area contributed by atoms with E-state index in [9.17, 15) is 13.2 Å². The number of benzene rings is 2. The molecular weight excluding hydrogens is 476 g/mol. The topological polar surface area (TPSA) is 133 Å². The summed E-state index contributed by atoms with van der Waals surface area (Å²) in [6, 6.07) is 12.6. The zero-order valence-corrected chi connectivity index (χ0v) is 20.6. The molecule has 35 heavy (non-hydrogen) atoms. The first kappa shape index (κ1) is 26.3. The minimum Gasteiger partial charge on any atom is -0.494 e. The number of amides is 1. The fourth-order valence-electron chi connectivity index (χ4n) is 3.09. The molecule has 0 aliphatic heterocycles. The van der Waals surface area contributed by atoms with E-state index >= 15 is 0 Å². The first-order chi connectivity index (χ1) is 16.9.